The quantitative estimate of drug-likeness (QED) is 0.728. The summed E-state index contributed by atoms with van der Waals surface area (Å²) in [4.78, 5) is 4.29. The Kier molecular flexibility index (Phi) is 2.82. The monoisotopic (exact) mass is 165 g/mol. The minimum atomic E-state index is -0.413. The van der Waals surface area contributed by atoms with Gasteiger partial charge in [-0.1, -0.05) is 13.0 Å². The lowest BCUT2D eigenvalue weighted by Crippen LogP contribution is -2.00. The summed E-state index contributed by atoms with van der Waals surface area (Å²) < 4.78 is 0. The third kappa shape index (κ3) is 1.83. The van der Waals surface area contributed by atoms with Crippen LogP contribution >= 0.6 is 0 Å². The van der Waals surface area contributed by atoms with E-state index in [0.29, 0.717) is 0 Å². The molecule has 1 heterocycles. The molecule has 0 saturated carbocycles. The summed E-state index contributed by atoms with van der Waals surface area (Å²) in [5.74, 6) is 0. The molecule has 66 valence electrons. The fourth-order valence-electron chi connectivity index (χ4n) is 1.04. The van der Waals surface area contributed by atoms with E-state index in [1.165, 1.54) is 5.56 Å². The maximum atomic E-state index is 9.48. The predicted molar refractivity (Wildman–Crippen MR) is 49.0 cm³/mol. The summed E-state index contributed by atoms with van der Waals surface area (Å²) in [6.07, 6.45) is 0.305. The second-order valence-corrected chi connectivity index (χ2v) is 3.06. The molecule has 0 radical (unpaired) electrons. The van der Waals surface area contributed by atoms with E-state index < -0.39 is 6.10 Å². The summed E-state index contributed by atoms with van der Waals surface area (Å²) in [6.45, 7) is 5.92. The molecule has 0 saturated heterocycles. The van der Waals surface area contributed by atoms with Crippen LogP contribution in [0.1, 0.15) is 36.4 Å². The average Bonchev–Trinajstić information content (AvgIpc) is 2.08. The molecule has 1 aromatic heterocycles. The first kappa shape index (κ1) is 9.20. The number of aliphatic hydroxyl groups excluding tert-OH is 1. The first-order chi connectivity index (χ1) is 5.65. The summed E-state index contributed by atoms with van der Waals surface area (Å²) in [5.41, 5.74) is 2.95. The van der Waals surface area contributed by atoms with Crippen LogP contribution in [0, 0.1) is 13.8 Å². The summed E-state index contributed by atoms with van der Waals surface area (Å²) >= 11 is 0. The van der Waals surface area contributed by atoms with E-state index in [1.54, 1.807) is 0 Å². The molecular formula is C10H15NO. The predicted octanol–water partition coefficient (Wildman–Crippen LogP) is 2.14. The lowest BCUT2D eigenvalue weighted by Gasteiger charge is -2.08. The highest BCUT2D eigenvalue weighted by Crippen LogP contribution is 2.15. The normalized spacial score (nSPS) is 13.0. The highest BCUT2D eigenvalue weighted by Gasteiger charge is 2.06. The van der Waals surface area contributed by atoms with Crippen molar-refractivity contribution < 1.29 is 5.11 Å². The molecule has 1 N–H and O–H groups in total. The van der Waals surface area contributed by atoms with Gasteiger partial charge in [0.25, 0.3) is 0 Å². The number of nitrogens with zero attached hydrogens (tertiary/aromatic N) is 1. The largest absolute Gasteiger partial charge is 0.387 e. The first-order valence-corrected chi connectivity index (χ1v) is 4.27. The highest BCUT2D eigenvalue weighted by molar-refractivity contribution is 5.21. The summed E-state index contributed by atoms with van der Waals surface area (Å²) in [6, 6.07) is 3.88. The molecule has 0 amide bonds. The molecule has 0 unspecified atom stereocenters. The zero-order chi connectivity index (χ0) is 9.14. The number of aliphatic hydroxyl groups is 1. The van der Waals surface area contributed by atoms with Crippen molar-refractivity contribution in [3.05, 3.63) is 29.1 Å². The van der Waals surface area contributed by atoms with Crippen molar-refractivity contribution in [2.75, 3.05) is 0 Å². The van der Waals surface area contributed by atoms with Crippen LogP contribution in [0.15, 0.2) is 12.1 Å². The highest BCUT2D eigenvalue weighted by atomic mass is 16.3. The summed E-state index contributed by atoms with van der Waals surface area (Å²) in [5, 5.41) is 9.48. The Morgan fingerprint density at radius 1 is 1.42 bits per heavy atom. The van der Waals surface area contributed by atoms with Gasteiger partial charge in [-0.15, -0.1) is 0 Å². The lowest BCUT2D eigenvalue weighted by molar-refractivity contribution is 0.168. The van der Waals surface area contributed by atoms with Gasteiger partial charge in [0.1, 0.15) is 0 Å². The van der Waals surface area contributed by atoms with Gasteiger partial charge in [0, 0.05) is 5.69 Å². The Hall–Kier alpha value is -0.890. The molecule has 0 fully saturated rings. The van der Waals surface area contributed by atoms with E-state index in [-0.39, 0.29) is 0 Å². The van der Waals surface area contributed by atoms with E-state index in [2.05, 4.69) is 4.98 Å². The third-order valence-corrected chi connectivity index (χ3v) is 2.10. The topological polar surface area (TPSA) is 33.1 Å². The Morgan fingerprint density at radius 3 is 2.58 bits per heavy atom. The Labute approximate surface area is 73.3 Å². The Morgan fingerprint density at radius 2 is 2.08 bits per heavy atom. The fourth-order valence-corrected chi connectivity index (χ4v) is 1.04. The van der Waals surface area contributed by atoms with Crippen LogP contribution in [0.3, 0.4) is 0 Å². The SMILES string of the molecule is CC[C@H](O)c1ccc(C)c(C)n1. The van der Waals surface area contributed by atoms with E-state index in [0.717, 1.165) is 17.8 Å². The van der Waals surface area contributed by atoms with Crippen LogP contribution in [0.5, 0.6) is 0 Å². The minimum Gasteiger partial charge on any atom is -0.387 e. The van der Waals surface area contributed by atoms with E-state index in [1.807, 2.05) is 32.9 Å². The van der Waals surface area contributed by atoms with Crippen molar-refractivity contribution in [1.82, 2.24) is 4.98 Å². The Balaban J connectivity index is 2.96. The molecule has 0 aliphatic carbocycles. The van der Waals surface area contributed by atoms with Crippen molar-refractivity contribution >= 4 is 0 Å². The first-order valence-electron chi connectivity index (χ1n) is 4.27. The molecule has 0 spiro atoms. The van der Waals surface area contributed by atoms with E-state index in [4.69, 9.17) is 0 Å². The van der Waals surface area contributed by atoms with Gasteiger partial charge in [-0.25, -0.2) is 0 Å². The molecule has 0 bridgehead atoms. The van der Waals surface area contributed by atoms with Crippen LogP contribution in [0.4, 0.5) is 0 Å². The van der Waals surface area contributed by atoms with Crippen LogP contribution in [0.25, 0.3) is 0 Å². The fraction of sp³-hybridized carbons (Fsp3) is 0.500. The van der Waals surface area contributed by atoms with Crippen LogP contribution in [-0.2, 0) is 0 Å². The molecule has 0 aliphatic rings. The number of aryl methyl sites for hydroxylation is 2. The molecular weight excluding hydrogens is 150 g/mol. The van der Waals surface area contributed by atoms with Crippen molar-refractivity contribution in [3.8, 4) is 0 Å². The zero-order valence-electron chi connectivity index (χ0n) is 7.83. The molecule has 0 aliphatic heterocycles. The molecule has 1 atom stereocenters. The third-order valence-electron chi connectivity index (χ3n) is 2.10. The van der Waals surface area contributed by atoms with Gasteiger partial charge in [-0.2, -0.15) is 0 Å². The molecule has 2 nitrogen and oxygen atoms in total. The molecule has 1 aromatic rings. The van der Waals surface area contributed by atoms with Gasteiger partial charge in [0.2, 0.25) is 0 Å². The number of pyridine rings is 1. The molecule has 12 heavy (non-hydrogen) atoms. The second-order valence-electron chi connectivity index (χ2n) is 3.06. The molecule has 2 heteroatoms. The smallest absolute Gasteiger partial charge is 0.0957 e. The van der Waals surface area contributed by atoms with Gasteiger partial charge in [-0.3, -0.25) is 4.98 Å². The maximum Gasteiger partial charge on any atom is 0.0957 e. The maximum absolute atomic E-state index is 9.48. The van der Waals surface area contributed by atoms with Crippen molar-refractivity contribution in [1.29, 1.82) is 0 Å². The van der Waals surface area contributed by atoms with Crippen LogP contribution < -0.4 is 0 Å². The van der Waals surface area contributed by atoms with E-state index >= 15 is 0 Å². The van der Waals surface area contributed by atoms with Crippen LogP contribution in [0.2, 0.25) is 0 Å². The number of aromatic nitrogens is 1. The van der Waals surface area contributed by atoms with Crippen LogP contribution in [-0.4, -0.2) is 10.1 Å². The summed E-state index contributed by atoms with van der Waals surface area (Å²) in [7, 11) is 0. The van der Waals surface area contributed by atoms with Crippen molar-refractivity contribution in [2.45, 2.75) is 33.3 Å². The number of hydrogen-bond acceptors (Lipinski definition) is 2. The molecule has 0 aromatic carbocycles. The van der Waals surface area contributed by atoms with Crippen molar-refractivity contribution in [3.63, 3.8) is 0 Å². The van der Waals surface area contributed by atoms with E-state index in [9.17, 15) is 5.11 Å². The Bertz CT molecular complexity index is 271. The van der Waals surface area contributed by atoms with Gasteiger partial charge < -0.3 is 5.11 Å². The second kappa shape index (κ2) is 3.68. The molecule has 1 rings (SSSR count). The number of hydrogen-bond donors (Lipinski definition) is 1. The lowest BCUT2D eigenvalue weighted by atomic mass is 10.1. The van der Waals surface area contributed by atoms with Crippen molar-refractivity contribution in [2.24, 2.45) is 0 Å². The zero-order valence-corrected chi connectivity index (χ0v) is 7.83. The number of rotatable bonds is 2. The minimum absolute atomic E-state index is 0.413. The standard InChI is InChI=1S/C10H15NO/c1-4-10(12)9-6-5-7(2)8(3)11-9/h5-6,10,12H,4H2,1-3H3/t10-/m0/s1. The van der Waals surface area contributed by atoms with Gasteiger partial charge in [0.05, 0.1) is 11.8 Å². The van der Waals surface area contributed by atoms with Gasteiger partial charge in [-0.05, 0) is 31.9 Å². The van der Waals surface area contributed by atoms with Gasteiger partial charge >= 0.3 is 0 Å². The average molecular weight is 165 g/mol. The van der Waals surface area contributed by atoms with Gasteiger partial charge in [0.15, 0.2) is 0 Å².